The highest BCUT2D eigenvalue weighted by atomic mass is 31.2. The fourth-order valence-corrected chi connectivity index (χ4v) is 8.05. The van der Waals surface area contributed by atoms with E-state index in [1.807, 2.05) is 21.1 Å². The second-order valence-electron chi connectivity index (χ2n) is 18.9. The minimum atomic E-state index is -4.53. The Morgan fingerprint density at radius 1 is 0.508 bits per heavy atom. The number of phosphoric acid groups is 1. The molecule has 0 aromatic rings. The zero-order valence-corrected chi connectivity index (χ0v) is 42.9. The average Bonchev–Trinajstić information content (AvgIpc) is 3.24. The number of hydrogen-bond acceptors (Lipinski definition) is 7. The predicted octanol–water partition coefficient (Wildman–Crippen LogP) is 15.7. The molecule has 0 N–H and O–H groups in total. The van der Waals surface area contributed by atoms with Gasteiger partial charge in [0.1, 0.15) is 19.3 Å². The van der Waals surface area contributed by atoms with Crippen molar-refractivity contribution in [2.75, 3.05) is 54.1 Å². The smallest absolute Gasteiger partial charge is 0.306 e. The van der Waals surface area contributed by atoms with Crippen molar-refractivity contribution in [2.45, 2.75) is 238 Å². The molecule has 0 saturated heterocycles. The normalized spacial score (nSPS) is 13.9. The zero-order valence-electron chi connectivity index (χ0n) is 42.0. The van der Waals surface area contributed by atoms with Gasteiger partial charge in [0.05, 0.1) is 34.4 Å². The van der Waals surface area contributed by atoms with Crippen molar-refractivity contribution >= 4 is 13.8 Å². The molecule has 0 aromatic heterocycles. The standard InChI is InChI=1S/C54H102NO7P/c1-6-8-10-12-14-16-18-20-22-24-25-26-27-28-29-30-32-34-36-38-40-42-44-46-49-59-51-53(52-61-63(57,58)60-50-48-55(3,4)5)62-54(56)47-45-43-41-39-37-35-33-31-23-21-19-17-15-13-11-9-7-2/h9,11,15,17,21,23-25,53H,6-8,10,12-14,16,18-20,22,26-52H2,1-5H3/b11-9-,17-15-,23-21-,25-24-. The van der Waals surface area contributed by atoms with Gasteiger partial charge < -0.3 is 27.9 Å². The zero-order chi connectivity index (χ0) is 46.2. The summed E-state index contributed by atoms with van der Waals surface area (Å²) in [6, 6.07) is 0. The molecule has 0 amide bonds. The van der Waals surface area contributed by atoms with Crippen LogP contribution in [0.4, 0.5) is 0 Å². The molecular formula is C54H102NO7P. The number of hydrogen-bond donors (Lipinski definition) is 0. The molecule has 0 aromatic carbocycles. The molecule has 8 nitrogen and oxygen atoms in total. The van der Waals surface area contributed by atoms with Gasteiger partial charge in [-0.25, -0.2) is 0 Å². The van der Waals surface area contributed by atoms with Crippen LogP contribution in [0.25, 0.3) is 0 Å². The highest BCUT2D eigenvalue weighted by molar-refractivity contribution is 7.45. The first-order valence-corrected chi connectivity index (χ1v) is 27.8. The molecule has 0 aliphatic rings. The molecule has 0 radical (unpaired) electrons. The Balaban J connectivity index is 4.10. The van der Waals surface area contributed by atoms with Crippen LogP contribution in [0, 0.1) is 0 Å². The molecule has 9 heteroatoms. The SMILES string of the molecule is CC/C=C\C/C=C\C/C=C\CCCCCCCCCC(=O)OC(COCCCCCCCCCCCCCC/C=C\CCCCCCCCCC)COP(=O)([O-])OCC[N+](C)(C)C. The Bertz CT molecular complexity index is 1150. The number of phosphoric ester groups is 1. The van der Waals surface area contributed by atoms with E-state index in [-0.39, 0.29) is 25.8 Å². The van der Waals surface area contributed by atoms with E-state index in [2.05, 4.69) is 62.5 Å². The molecule has 0 aliphatic heterocycles. The van der Waals surface area contributed by atoms with Crippen LogP contribution in [0.2, 0.25) is 0 Å². The van der Waals surface area contributed by atoms with E-state index in [4.69, 9.17) is 18.5 Å². The molecule has 2 unspecified atom stereocenters. The van der Waals surface area contributed by atoms with Crippen molar-refractivity contribution in [3.05, 3.63) is 48.6 Å². The van der Waals surface area contributed by atoms with Crippen molar-refractivity contribution in [1.82, 2.24) is 0 Å². The van der Waals surface area contributed by atoms with Crippen molar-refractivity contribution < 1.29 is 37.3 Å². The van der Waals surface area contributed by atoms with E-state index in [0.29, 0.717) is 24.1 Å². The summed E-state index contributed by atoms with van der Waals surface area (Å²) < 4.78 is 34.8. The molecule has 63 heavy (non-hydrogen) atoms. The summed E-state index contributed by atoms with van der Waals surface area (Å²) in [6.07, 6.45) is 58.6. The topological polar surface area (TPSA) is 94.1 Å². The third-order valence-corrected chi connectivity index (χ3v) is 12.3. The maximum atomic E-state index is 12.7. The average molecular weight is 908 g/mol. The summed E-state index contributed by atoms with van der Waals surface area (Å²) in [5, 5.41) is 0. The monoisotopic (exact) mass is 908 g/mol. The first-order valence-electron chi connectivity index (χ1n) is 26.4. The maximum Gasteiger partial charge on any atom is 0.306 e. The lowest BCUT2D eigenvalue weighted by atomic mass is 10.0. The van der Waals surface area contributed by atoms with Gasteiger partial charge in [0.25, 0.3) is 7.82 Å². The summed E-state index contributed by atoms with van der Waals surface area (Å²) in [5.41, 5.74) is 0. The van der Waals surface area contributed by atoms with Crippen LogP contribution >= 0.6 is 7.82 Å². The van der Waals surface area contributed by atoms with Gasteiger partial charge in [0.15, 0.2) is 0 Å². The Morgan fingerprint density at radius 3 is 1.40 bits per heavy atom. The first kappa shape index (κ1) is 61.5. The Hall–Kier alpha value is -1.54. The highest BCUT2D eigenvalue weighted by Gasteiger charge is 2.20. The van der Waals surface area contributed by atoms with E-state index in [0.717, 1.165) is 57.8 Å². The molecule has 370 valence electrons. The second-order valence-corrected chi connectivity index (χ2v) is 20.3. The van der Waals surface area contributed by atoms with Crippen LogP contribution in [0.15, 0.2) is 48.6 Å². The van der Waals surface area contributed by atoms with Crippen molar-refractivity contribution in [2.24, 2.45) is 0 Å². The molecule has 0 fully saturated rings. The molecular weight excluding hydrogens is 806 g/mol. The Labute approximate surface area is 390 Å². The first-order chi connectivity index (χ1) is 30.6. The number of allylic oxidation sites excluding steroid dienone is 8. The fourth-order valence-electron chi connectivity index (χ4n) is 7.32. The van der Waals surface area contributed by atoms with Gasteiger partial charge >= 0.3 is 5.97 Å². The van der Waals surface area contributed by atoms with Gasteiger partial charge in [-0.3, -0.25) is 9.36 Å². The maximum absolute atomic E-state index is 12.7. The molecule has 0 spiro atoms. The Morgan fingerprint density at radius 2 is 0.921 bits per heavy atom. The molecule has 0 saturated carbocycles. The number of carbonyl (C=O) groups excluding carboxylic acids is 1. The summed E-state index contributed by atoms with van der Waals surface area (Å²) in [5.74, 6) is -0.342. The third kappa shape index (κ3) is 51.3. The third-order valence-electron chi connectivity index (χ3n) is 11.4. The number of esters is 1. The molecule has 0 aliphatic carbocycles. The van der Waals surface area contributed by atoms with Gasteiger partial charge in [-0.2, -0.15) is 0 Å². The fraction of sp³-hybridized carbons (Fsp3) is 0.833. The largest absolute Gasteiger partial charge is 0.756 e. The number of carbonyl (C=O) groups is 1. The second kappa shape index (κ2) is 47.0. The van der Waals surface area contributed by atoms with Crippen LogP contribution < -0.4 is 4.89 Å². The summed E-state index contributed by atoms with van der Waals surface area (Å²) >= 11 is 0. The van der Waals surface area contributed by atoms with Gasteiger partial charge in [-0.1, -0.05) is 204 Å². The lowest BCUT2D eigenvalue weighted by molar-refractivity contribution is -0.870. The highest BCUT2D eigenvalue weighted by Crippen LogP contribution is 2.38. The van der Waals surface area contributed by atoms with Gasteiger partial charge in [-0.15, -0.1) is 0 Å². The van der Waals surface area contributed by atoms with Gasteiger partial charge in [0, 0.05) is 13.0 Å². The summed E-state index contributed by atoms with van der Waals surface area (Å²) in [7, 11) is 1.35. The van der Waals surface area contributed by atoms with Crippen LogP contribution in [0.3, 0.4) is 0 Å². The number of quaternary nitrogens is 1. The van der Waals surface area contributed by atoms with Gasteiger partial charge in [-0.05, 0) is 70.6 Å². The molecule has 0 rings (SSSR count). The van der Waals surface area contributed by atoms with Crippen LogP contribution in [0.1, 0.15) is 232 Å². The lowest BCUT2D eigenvalue weighted by Gasteiger charge is -2.28. The molecule has 2 atom stereocenters. The van der Waals surface area contributed by atoms with Crippen LogP contribution in [-0.2, 0) is 27.9 Å². The number of nitrogens with zero attached hydrogens (tertiary/aromatic N) is 1. The summed E-state index contributed by atoms with van der Waals surface area (Å²) in [4.78, 5) is 25.2. The number of rotatable bonds is 49. The van der Waals surface area contributed by atoms with Crippen molar-refractivity contribution in [1.29, 1.82) is 0 Å². The predicted molar refractivity (Wildman–Crippen MR) is 268 cm³/mol. The van der Waals surface area contributed by atoms with E-state index in [1.54, 1.807) is 0 Å². The van der Waals surface area contributed by atoms with Crippen LogP contribution in [-0.4, -0.2) is 70.7 Å². The number of likely N-dealkylation sites (N-methyl/N-ethyl adjacent to an activating group) is 1. The molecule has 0 heterocycles. The minimum Gasteiger partial charge on any atom is -0.756 e. The van der Waals surface area contributed by atoms with E-state index < -0.39 is 13.9 Å². The minimum absolute atomic E-state index is 0.0233. The van der Waals surface area contributed by atoms with E-state index in [9.17, 15) is 14.3 Å². The van der Waals surface area contributed by atoms with Crippen molar-refractivity contribution in [3.8, 4) is 0 Å². The van der Waals surface area contributed by atoms with Crippen LogP contribution in [0.5, 0.6) is 0 Å². The number of ether oxygens (including phenoxy) is 2. The van der Waals surface area contributed by atoms with E-state index >= 15 is 0 Å². The van der Waals surface area contributed by atoms with Crippen molar-refractivity contribution in [3.63, 3.8) is 0 Å². The quantitative estimate of drug-likeness (QED) is 0.0197. The Kier molecular flexibility index (Phi) is 45.8. The molecule has 0 bridgehead atoms. The van der Waals surface area contributed by atoms with Gasteiger partial charge in [0.2, 0.25) is 0 Å². The lowest BCUT2D eigenvalue weighted by Crippen LogP contribution is -2.37. The van der Waals surface area contributed by atoms with E-state index in [1.165, 1.54) is 154 Å². The number of unbranched alkanes of at least 4 members (excludes halogenated alkanes) is 27. The summed E-state index contributed by atoms with van der Waals surface area (Å²) in [6.45, 7) is 5.31.